The summed E-state index contributed by atoms with van der Waals surface area (Å²) < 4.78 is 7.42. The van der Waals surface area contributed by atoms with Gasteiger partial charge < -0.3 is 30.6 Å². The second-order valence-corrected chi connectivity index (χ2v) is 12.5. The number of rotatable bonds is 13. The van der Waals surface area contributed by atoms with Gasteiger partial charge in [-0.05, 0) is 94.3 Å². The lowest BCUT2D eigenvalue weighted by Gasteiger charge is -2.24. The first-order valence-electron chi connectivity index (χ1n) is 14.7. The van der Waals surface area contributed by atoms with Gasteiger partial charge in [-0.15, -0.1) is 0 Å². The summed E-state index contributed by atoms with van der Waals surface area (Å²) in [5.74, 6) is 1.73. The summed E-state index contributed by atoms with van der Waals surface area (Å²) >= 11 is 0. The van der Waals surface area contributed by atoms with Crippen LogP contribution in [0.3, 0.4) is 0 Å². The number of hydrogen-bond acceptors (Lipinski definition) is 6. The number of aryl methyl sites for hydroxylation is 1. The van der Waals surface area contributed by atoms with Crippen molar-refractivity contribution in [3.63, 3.8) is 0 Å². The van der Waals surface area contributed by atoms with Gasteiger partial charge in [-0.2, -0.15) is 0 Å². The SMILES string of the molecule is CC(C)CCN(CCC(C)C)C(=O)c1ccc2nc(Nc3ccc(N)cc3)n(CCCNC(=O)OC(C)(C)C)c2c1. The molecule has 2 aromatic carbocycles. The minimum Gasteiger partial charge on any atom is -0.444 e. The van der Waals surface area contributed by atoms with Gasteiger partial charge >= 0.3 is 6.09 Å². The molecule has 0 spiro atoms. The molecule has 0 saturated heterocycles. The molecule has 0 aliphatic carbocycles. The van der Waals surface area contributed by atoms with Crippen molar-refractivity contribution in [3.05, 3.63) is 48.0 Å². The highest BCUT2D eigenvalue weighted by molar-refractivity contribution is 5.98. The number of nitrogens with two attached hydrogens (primary N) is 1. The molecule has 4 N–H and O–H groups in total. The molecule has 1 heterocycles. The Bertz CT molecular complexity index is 1280. The van der Waals surface area contributed by atoms with Crippen LogP contribution in [0.5, 0.6) is 0 Å². The van der Waals surface area contributed by atoms with Gasteiger partial charge in [-0.1, -0.05) is 27.7 Å². The van der Waals surface area contributed by atoms with Crippen molar-refractivity contribution in [1.29, 1.82) is 0 Å². The van der Waals surface area contributed by atoms with Crippen molar-refractivity contribution < 1.29 is 14.3 Å². The molecule has 1 aromatic heterocycles. The number of ether oxygens (including phenoxy) is 1. The number of anilines is 3. The van der Waals surface area contributed by atoms with Crippen LogP contribution in [0.4, 0.5) is 22.1 Å². The van der Waals surface area contributed by atoms with Gasteiger partial charge in [0.15, 0.2) is 0 Å². The molecule has 0 saturated carbocycles. The predicted molar refractivity (Wildman–Crippen MR) is 168 cm³/mol. The molecule has 0 aliphatic heterocycles. The first-order chi connectivity index (χ1) is 19.3. The summed E-state index contributed by atoms with van der Waals surface area (Å²) in [5, 5.41) is 6.22. The number of aromatic nitrogens is 2. The highest BCUT2D eigenvalue weighted by atomic mass is 16.6. The molecule has 0 aliphatic rings. The summed E-state index contributed by atoms with van der Waals surface area (Å²) in [6, 6.07) is 13.2. The summed E-state index contributed by atoms with van der Waals surface area (Å²) in [6.45, 7) is 16.7. The highest BCUT2D eigenvalue weighted by Crippen LogP contribution is 2.26. The van der Waals surface area contributed by atoms with Crippen LogP contribution >= 0.6 is 0 Å². The fourth-order valence-corrected chi connectivity index (χ4v) is 4.34. The number of hydrogen-bond donors (Lipinski definition) is 3. The van der Waals surface area contributed by atoms with Crippen LogP contribution in [0.15, 0.2) is 42.5 Å². The Balaban J connectivity index is 1.88. The maximum atomic E-state index is 13.7. The third kappa shape index (κ3) is 9.99. The van der Waals surface area contributed by atoms with Gasteiger partial charge in [0.25, 0.3) is 5.91 Å². The van der Waals surface area contributed by atoms with E-state index in [4.69, 9.17) is 15.5 Å². The summed E-state index contributed by atoms with van der Waals surface area (Å²) in [7, 11) is 0. The average molecular weight is 565 g/mol. The number of amides is 2. The van der Waals surface area contributed by atoms with Crippen molar-refractivity contribution in [2.45, 2.75) is 79.9 Å². The number of fused-ring (bicyclic) bond motifs is 1. The zero-order chi connectivity index (χ0) is 30.2. The third-order valence-electron chi connectivity index (χ3n) is 6.63. The number of imidazole rings is 1. The number of carbonyl (C=O) groups is 2. The number of benzene rings is 2. The monoisotopic (exact) mass is 564 g/mol. The molecular formula is C32H48N6O3. The van der Waals surface area contributed by atoms with Crippen LogP contribution in [0.2, 0.25) is 0 Å². The molecule has 3 rings (SSSR count). The maximum absolute atomic E-state index is 13.7. The van der Waals surface area contributed by atoms with Gasteiger partial charge in [-0.25, -0.2) is 9.78 Å². The minimum atomic E-state index is -0.554. The lowest BCUT2D eigenvalue weighted by Crippen LogP contribution is -2.34. The Kier molecular flexibility index (Phi) is 11.0. The van der Waals surface area contributed by atoms with Crippen LogP contribution in [-0.2, 0) is 11.3 Å². The van der Waals surface area contributed by atoms with Gasteiger partial charge in [0.2, 0.25) is 5.95 Å². The van der Waals surface area contributed by atoms with E-state index < -0.39 is 11.7 Å². The van der Waals surface area contributed by atoms with Crippen LogP contribution in [0, 0.1) is 11.8 Å². The second-order valence-electron chi connectivity index (χ2n) is 12.5. The van der Waals surface area contributed by atoms with Crippen molar-refractivity contribution in [3.8, 4) is 0 Å². The molecule has 224 valence electrons. The van der Waals surface area contributed by atoms with E-state index in [0.29, 0.717) is 48.5 Å². The number of alkyl carbamates (subject to hydrolysis) is 1. The van der Waals surface area contributed by atoms with Crippen LogP contribution in [0.25, 0.3) is 11.0 Å². The van der Waals surface area contributed by atoms with Crippen LogP contribution < -0.4 is 16.4 Å². The van der Waals surface area contributed by atoms with E-state index in [2.05, 4.69) is 42.9 Å². The number of nitrogen functional groups attached to an aromatic ring is 1. The molecule has 9 nitrogen and oxygen atoms in total. The Morgan fingerprint density at radius 3 is 2.22 bits per heavy atom. The predicted octanol–water partition coefficient (Wildman–Crippen LogP) is 6.81. The molecule has 0 atom stereocenters. The van der Waals surface area contributed by atoms with E-state index in [1.807, 2.05) is 68.1 Å². The summed E-state index contributed by atoms with van der Waals surface area (Å²) in [4.78, 5) is 32.7. The third-order valence-corrected chi connectivity index (χ3v) is 6.63. The second kappa shape index (κ2) is 14.2. The maximum Gasteiger partial charge on any atom is 0.407 e. The number of nitrogens with one attached hydrogen (secondary N) is 2. The van der Waals surface area contributed by atoms with Crippen LogP contribution in [-0.4, -0.2) is 51.7 Å². The Morgan fingerprint density at radius 1 is 1.00 bits per heavy atom. The minimum absolute atomic E-state index is 0.0422. The van der Waals surface area contributed by atoms with Gasteiger partial charge in [-0.3, -0.25) is 4.79 Å². The van der Waals surface area contributed by atoms with Crippen molar-refractivity contribution in [1.82, 2.24) is 19.8 Å². The molecule has 9 heteroatoms. The molecular weight excluding hydrogens is 516 g/mol. The van der Waals surface area contributed by atoms with E-state index >= 15 is 0 Å². The highest BCUT2D eigenvalue weighted by Gasteiger charge is 2.20. The Morgan fingerprint density at radius 2 is 1.63 bits per heavy atom. The molecule has 0 radical (unpaired) electrons. The zero-order valence-corrected chi connectivity index (χ0v) is 25.8. The van der Waals surface area contributed by atoms with Gasteiger partial charge in [0.05, 0.1) is 11.0 Å². The normalized spacial score (nSPS) is 11.7. The smallest absolute Gasteiger partial charge is 0.407 e. The zero-order valence-electron chi connectivity index (χ0n) is 25.8. The van der Waals surface area contributed by atoms with Crippen LogP contribution in [0.1, 0.15) is 78.1 Å². The lowest BCUT2D eigenvalue weighted by molar-refractivity contribution is 0.0526. The fourth-order valence-electron chi connectivity index (χ4n) is 4.34. The van der Waals surface area contributed by atoms with E-state index in [9.17, 15) is 9.59 Å². The number of nitrogens with zero attached hydrogens (tertiary/aromatic N) is 3. The molecule has 3 aromatic rings. The van der Waals surface area contributed by atoms with Crippen molar-refractivity contribution in [2.24, 2.45) is 11.8 Å². The first kappa shape index (κ1) is 31.8. The van der Waals surface area contributed by atoms with Crippen molar-refractivity contribution in [2.75, 3.05) is 30.7 Å². The van der Waals surface area contributed by atoms with Gasteiger partial charge in [0.1, 0.15) is 5.60 Å². The first-order valence-corrected chi connectivity index (χ1v) is 14.7. The number of carbonyl (C=O) groups excluding carboxylic acids is 2. The van der Waals surface area contributed by atoms with E-state index in [1.54, 1.807) is 0 Å². The standard InChI is InChI=1S/C32H48N6O3/c1-22(2)15-19-37(20-16-23(3)4)29(39)24-9-14-27-28(21-24)38(18-8-17-34-31(40)41-32(5,6)7)30(36-27)35-26-12-10-25(33)11-13-26/h9-14,21-23H,8,15-20,33H2,1-7H3,(H,34,40)(H,35,36). The fraction of sp³-hybridized carbons (Fsp3) is 0.531. The average Bonchev–Trinajstić information content (AvgIpc) is 3.22. The largest absolute Gasteiger partial charge is 0.444 e. The van der Waals surface area contributed by atoms with E-state index in [-0.39, 0.29) is 5.91 Å². The molecule has 0 bridgehead atoms. The quantitative estimate of drug-likeness (QED) is 0.155. The lowest BCUT2D eigenvalue weighted by atomic mass is 10.1. The van der Waals surface area contributed by atoms with E-state index in [1.165, 1.54) is 0 Å². The van der Waals surface area contributed by atoms with Gasteiger partial charge in [0, 0.05) is 43.1 Å². The molecule has 0 fully saturated rings. The molecule has 2 amide bonds. The molecule has 0 unspecified atom stereocenters. The molecule has 41 heavy (non-hydrogen) atoms. The summed E-state index contributed by atoms with van der Waals surface area (Å²) in [6.07, 6.45) is 2.13. The van der Waals surface area contributed by atoms with Crippen molar-refractivity contribution >= 4 is 40.4 Å². The Hall–Kier alpha value is -3.75. The Labute approximate surface area is 244 Å². The topological polar surface area (TPSA) is 115 Å². The summed E-state index contributed by atoms with van der Waals surface area (Å²) in [5.41, 5.74) is 9.15. The van der Waals surface area contributed by atoms with E-state index in [0.717, 1.165) is 42.7 Å².